The fraction of sp³-hybridized carbons (Fsp3) is 0.462. The van der Waals surface area contributed by atoms with Gasteiger partial charge < -0.3 is 15.5 Å². The molecule has 0 radical (unpaired) electrons. The normalized spacial score (nSPS) is 24.3. The van der Waals surface area contributed by atoms with Gasteiger partial charge in [-0.1, -0.05) is 6.42 Å². The van der Waals surface area contributed by atoms with E-state index in [2.05, 4.69) is 5.32 Å². The summed E-state index contributed by atoms with van der Waals surface area (Å²) in [4.78, 5) is 11.7. The van der Waals surface area contributed by atoms with Gasteiger partial charge >= 0.3 is 0 Å². The molecular formula is C13H18N2O2. The Kier molecular flexibility index (Phi) is 3.98. The number of nitrogens with one attached hydrogen (secondary N) is 1. The minimum absolute atomic E-state index is 0.0771. The van der Waals surface area contributed by atoms with Gasteiger partial charge in [0.05, 0.1) is 6.26 Å². The van der Waals surface area contributed by atoms with Crippen LogP contribution in [0.2, 0.25) is 0 Å². The molecule has 4 nitrogen and oxygen atoms in total. The van der Waals surface area contributed by atoms with Gasteiger partial charge in [-0.05, 0) is 43.5 Å². The number of hydrogen-bond acceptors (Lipinski definition) is 3. The van der Waals surface area contributed by atoms with Crippen molar-refractivity contribution in [2.75, 3.05) is 6.54 Å². The molecule has 0 spiro atoms. The third-order valence-corrected chi connectivity index (χ3v) is 3.23. The number of carbonyl (C=O) groups excluding carboxylic acids is 1. The first-order chi connectivity index (χ1) is 8.29. The Balaban J connectivity index is 1.85. The topological polar surface area (TPSA) is 68.3 Å². The second kappa shape index (κ2) is 5.68. The molecule has 1 aromatic heterocycles. The van der Waals surface area contributed by atoms with Gasteiger partial charge in [-0.15, -0.1) is 0 Å². The molecule has 1 amide bonds. The second-order valence-electron chi connectivity index (χ2n) is 4.39. The van der Waals surface area contributed by atoms with Crippen molar-refractivity contribution in [1.29, 1.82) is 0 Å². The molecule has 1 aromatic rings. The highest BCUT2D eigenvalue weighted by molar-refractivity contribution is 5.91. The van der Waals surface area contributed by atoms with Crippen molar-refractivity contribution >= 4 is 12.0 Å². The summed E-state index contributed by atoms with van der Waals surface area (Å²) in [7, 11) is 0. The second-order valence-corrected chi connectivity index (χ2v) is 4.39. The standard InChI is InChI=1S/C13H18N2O2/c14-9-10-3-1-5-12(10)15-13(16)7-6-11-4-2-8-17-11/h2,4,6-8,10,12H,1,3,5,9,14H2,(H,15,16). The highest BCUT2D eigenvalue weighted by Crippen LogP contribution is 2.24. The predicted molar refractivity (Wildman–Crippen MR) is 66.1 cm³/mol. The first kappa shape index (κ1) is 11.9. The molecule has 2 atom stereocenters. The molecule has 2 unspecified atom stereocenters. The molecule has 0 aromatic carbocycles. The van der Waals surface area contributed by atoms with E-state index in [1.54, 1.807) is 18.4 Å². The van der Waals surface area contributed by atoms with Gasteiger partial charge in [-0.25, -0.2) is 0 Å². The monoisotopic (exact) mass is 234 g/mol. The lowest BCUT2D eigenvalue weighted by atomic mass is 10.0. The van der Waals surface area contributed by atoms with Gasteiger partial charge in [-0.3, -0.25) is 4.79 Å². The van der Waals surface area contributed by atoms with E-state index < -0.39 is 0 Å². The average Bonchev–Trinajstić information content (AvgIpc) is 2.97. The summed E-state index contributed by atoms with van der Waals surface area (Å²) >= 11 is 0. The Morgan fingerprint density at radius 2 is 2.47 bits per heavy atom. The Hall–Kier alpha value is -1.55. The summed E-state index contributed by atoms with van der Waals surface area (Å²) in [5.74, 6) is 1.03. The Labute approximate surface area is 101 Å². The molecule has 92 valence electrons. The molecule has 1 heterocycles. The molecule has 1 fully saturated rings. The van der Waals surface area contributed by atoms with Crippen LogP contribution < -0.4 is 11.1 Å². The Bertz CT molecular complexity index is 384. The van der Waals surface area contributed by atoms with E-state index in [1.807, 2.05) is 6.07 Å². The first-order valence-corrected chi connectivity index (χ1v) is 6.01. The van der Waals surface area contributed by atoms with E-state index in [9.17, 15) is 4.79 Å². The van der Waals surface area contributed by atoms with Gasteiger partial charge in [0, 0.05) is 12.1 Å². The van der Waals surface area contributed by atoms with Crippen LogP contribution in [-0.4, -0.2) is 18.5 Å². The van der Waals surface area contributed by atoms with Crippen LogP contribution >= 0.6 is 0 Å². The van der Waals surface area contributed by atoms with E-state index in [0.717, 1.165) is 19.3 Å². The van der Waals surface area contributed by atoms with Gasteiger partial charge in [0.2, 0.25) is 5.91 Å². The highest BCUT2D eigenvalue weighted by atomic mass is 16.3. The van der Waals surface area contributed by atoms with Gasteiger partial charge in [0.15, 0.2) is 0 Å². The largest absolute Gasteiger partial charge is 0.465 e. The quantitative estimate of drug-likeness (QED) is 0.776. The first-order valence-electron chi connectivity index (χ1n) is 6.01. The summed E-state index contributed by atoms with van der Waals surface area (Å²) in [6.07, 6.45) is 8.05. The summed E-state index contributed by atoms with van der Waals surface area (Å²) in [5.41, 5.74) is 5.67. The van der Waals surface area contributed by atoms with Crippen molar-refractivity contribution in [2.24, 2.45) is 11.7 Å². The molecule has 0 bridgehead atoms. The van der Waals surface area contributed by atoms with Gasteiger partial charge in [0.25, 0.3) is 0 Å². The lowest BCUT2D eigenvalue weighted by Gasteiger charge is -2.18. The SMILES string of the molecule is NCC1CCCC1NC(=O)C=Cc1ccco1. The molecule has 4 heteroatoms. The van der Waals surface area contributed by atoms with E-state index >= 15 is 0 Å². The third kappa shape index (κ3) is 3.20. The molecule has 0 aliphatic heterocycles. The van der Waals surface area contributed by atoms with Crippen LogP contribution in [0, 0.1) is 5.92 Å². The fourth-order valence-electron chi connectivity index (χ4n) is 2.28. The van der Waals surface area contributed by atoms with Crippen LogP contribution in [0.15, 0.2) is 28.9 Å². The van der Waals surface area contributed by atoms with Crippen molar-refractivity contribution < 1.29 is 9.21 Å². The van der Waals surface area contributed by atoms with E-state index in [-0.39, 0.29) is 11.9 Å². The minimum Gasteiger partial charge on any atom is -0.465 e. The van der Waals surface area contributed by atoms with Crippen molar-refractivity contribution in [3.63, 3.8) is 0 Å². The maximum atomic E-state index is 11.7. The van der Waals surface area contributed by atoms with Crippen LogP contribution in [-0.2, 0) is 4.79 Å². The zero-order valence-corrected chi connectivity index (χ0v) is 9.76. The number of hydrogen-bond donors (Lipinski definition) is 2. The molecule has 0 saturated heterocycles. The number of carbonyl (C=O) groups is 1. The van der Waals surface area contributed by atoms with Gasteiger partial charge in [-0.2, -0.15) is 0 Å². The maximum Gasteiger partial charge on any atom is 0.244 e. The number of furan rings is 1. The lowest BCUT2D eigenvalue weighted by molar-refractivity contribution is -0.117. The van der Waals surface area contributed by atoms with Crippen molar-refractivity contribution in [2.45, 2.75) is 25.3 Å². The zero-order chi connectivity index (χ0) is 12.1. The van der Waals surface area contributed by atoms with Crippen LogP contribution in [0.5, 0.6) is 0 Å². The van der Waals surface area contributed by atoms with Crippen LogP contribution in [0.4, 0.5) is 0 Å². The van der Waals surface area contributed by atoms with Crippen LogP contribution in [0.3, 0.4) is 0 Å². The van der Waals surface area contributed by atoms with Crippen LogP contribution in [0.1, 0.15) is 25.0 Å². The highest BCUT2D eigenvalue weighted by Gasteiger charge is 2.26. The van der Waals surface area contributed by atoms with Gasteiger partial charge in [0.1, 0.15) is 5.76 Å². The van der Waals surface area contributed by atoms with Crippen molar-refractivity contribution in [3.05, 3.63) is 30.2 Å². The average molecular weight is 234 g/mol. The number of amides is 1. The van der Waals surface area contributed by atoms with Crippen molar-refractivity contribution in [3.8, 4) is 0 Å². The number of rotatable bonds is 4. The summed E-state index contributed by atoms with van der Waals surface area (Å²) in [6.45, 7) is 0.646. The Morgan fingerprint density at radius 3 is 3.18 bits per heavy atom. The minimum atomic E-state index is -0.0771. The third-order valence-electron chi connectivity index (χ3n) is 3.23. The smallest absolute Gasteiger partial charge is 0.244 e. The molecule has 1 aliphatic carbocycles. The molecular weight excluding hydrogens is 216 g/mol. The summed E-state index contributed by atoms with van der Waals surface area (Å²) in [6, 6.07) is 3.83. The molecule has 1 aliphatic rings. The predicted octanol–water partition coefficient (Wildman–Crippen LogP) is 1.54. The summed E-state index contributed by atoms with van der Waals surface area (Å²) < 4.78 is 5.11. The van der Waals surface area contributed by atoms with E-state index in [1.165, 1.54) is 6.08 Å². The molecule has 2 rings (SSSR count). The van der Waals surface area contributed by atoms with E-state index in [0.29, 0.717) is 18.2 Å². The van der Waals surface area contributed by atoms with E-state index in [4.69, 9.17) is 10.2 Å². The fourth-order valence-corrected chi connectivity index (χ4v) is 2.28. The molecule has 3 N–H and O–H groups in total. The zero-order valence-electron chi connectivity index (χ0n) is 9.76. The number of nitrogens with two attached hydrogens (primary N) is 1. The molecule has 1 saturated carbocycles. The summed E-state index contributed by atoms with van der Waals surface area (Å²) in [5, 5.41) is 2.99. The molecule has 17 heavy (non-hydrogen) atoms. The van der Waals surface area contributed by atoms with Crippen LogP contribution in [0.25, 0.3) is 6.08 Å². The maximum absolute atomic E-state index is 11.7. The van der Waals surface area contributed by atoms with Crippen molar-refractivity contribution in [1.82, 2.24) is 5.32 Å². The Morgan fingerprint density at radius 1 is 1.59 bits per heavy atom. The lowest BCUT2D eigenvalue weighted by Crippen LogP contribution is -2.39.